The van der Waals surface area contributed by atoms with Gasteiger partial charge in [0.2, 0.25) is 0 Å². The van der Waals surface area contributed by atoms with E-state index in [0.29, 0.717) is 6.04 Å². The second kappa shape index (κ2) is 7.45. The fraction of sp³-hybridized carbons (Fsp3) is 0.333. The second-order valence-corrected chi connectivity index (χ2v) is 6.61. The molecule has 1 N–H and O–H groups in total. The molecule has 0 radical (unpaired) electrons. The predicted molar refractivity (Wildman–Crippen MR) is 90.3 cm³/mol. The molecule has 0 aliphatic rings. The van der Waals surface area contributed by atoms with Gasteiger partial charge in [0.15, 0.2) is 0 Å². The molecule has 1 heterocycles. The molecule has 0 aliphatic carbocycles. The average molecular weight is 434 g/mol. The molecule has 1 unspecified atom stereocenters. The van der Waals surface area contributed by atoms with Gasteiger partial charge in [0.1, 0.15) is 0 Å². The number of furan rings is 1. The normalized spacial score (nSPS) is 12.6. The molecule has 0 saturated heterocycles. The third kappa shape index (κ3) is 4.33. The van der Waals surface area contributed by atoms with Gasteiger partial charge in [0, 0.05) is 14.1 Å². The zero-order valence-electron chi connectivity index (χ0n) is 10.8. The van der Waals surface area contributed by atoms with Crippen LogP contribution in [0.3, 0.4) is 0 Å². The van der Waals surface area contributed by atoms with Gasteiger partial charge >= 0.3 is 0 Å². The van der Waals surface area contributed by atoms with E-state index in [4.69, 9.17) is 4.42 Å². The van der Waals surface area contributed by atoms with Gasteiger partial charge in [-0.15, -0.1) is 0 Å². The third-order valence-corrected chi connectivity index (χ3v) is 4.39. The lowest BCUT2D eigenvalue weighted by atomic mass is 10.0. The van der Waals surface area contributed by atoms with E-state index in [9.17, 15) is 0 Å². The quantitative estimate of drug-likeness (QED) is 0.653. The van der Waals surface area contributed by atoms with E-state index in [2.05, 4.69) is 69.0 Å². The first-order valence-electron chi connectivity index (χ1n) is 6.40. The van der Waals surface area contributed by atoms with Crippen LogP contribution in [0.25, 0.3) is 0 Å². The molecule has 2 aromatic rings. The first-order valence-corrected chi connectivity index (χ1v) is 8.27. The monoisotopic (exact) mass is 433 g/mol. The molecule has 19 heavy (non-hydrogen) atoms. The topological polar surface area (TPSA) is 25.2 Å². The maximum absolute atomic E-state index is 5.17. The Labute approximate surface area is 136 Å². The van der Waals surface area contributed by atoms with Crippen molar-refractivity contribution in [1.82, 2.24) is 5.32 Å². The van der Waals surface area contributed by atoms with Crippen LogP contribution in [0.4, 0.5) is 0 Å². The van der Waals surface area contributed by atoms with Crippen molar-refractivity contribution >= 4 is 38.5 Å². The number of hydrogen-bond donors (Lipinski definition) is 1. The van der Waals surface area contributed by atoms with Crippen molar-refractivity contribution in [3.8, 4) is 0 Å². The zero-order valence-corrected chi connectivity index (χ0v) is 14.6. The molecule has 0 saturated carbocycles. The smallest absolute Gasteiger partial charge is 0.0935 e. The highest BCUT2D eigenvalue weighted by Crippen LogP contribution is 2.28. The lowest BCUT2D eigenvalue weighted by molar-refractivity contribution is 0.519. The van der Waals surface area contributed by atoms with Gasteiger partial charge in [0.05, 0.1) is 12.5 Å². The molecule has 4 heteroatoms. The molecule has 2 nitrogen and oxygen atoms in total. The molecule has 102 valence electrons. The van der Waals surface area contributed by atoms with Gasteiger partial charge in [0.25, 0.3) is 0 Å². The fourth-order valence-electron chi connectivity index (χ4n) is 2.04. The Bertz CT molecular complexity index is 513. The van der Waals surface area contributed by atoms with Crippen molar-refractivity contribution in [3.05, 3.63) is 56.0 Å². The first-order chi connectivity index (χ1) is 9.20. The Morgan fingerprint density at radius 3 is 2.89 bits per heavy atom. The van der Waals surface area contributed by atoms with Crippen molar-refractivity contribution < 1.29 is 4.42 Å². The van der Waals surface area contributed by atoms with Gasteiger partial charge < -0.3 is 9.73 Å². The maximum Gasteiger partial charge on any atom is 0.0935 e. The standard InChI is InChI=1S/C15H17BrINO/c1-2-6-18-15(8-11-5-7-19-10-11)13-9-12(17)3-4-14(13)16/h3-5,7,9-10,15,18H,2,6,8H2,1H3. The number of rotatable bonds is 6. The number of hydrogen-bond acceptors (Lipinski definition) is 2. The van der Waals surface area contributed by atoms with E-state index in [0.717, 1.165) is 23.9 Å². The Morgan fingerprint density at radius 1 is 1.37 bits per heavy atom. The summed E-state index contributed by atoms with van der Waals surface area (Å²) in [5.74, 6) is 0. The Kier molecular flexibility index (Phi) is 5.91. The summed E-state index contributed by atoms with van der Waals surface area (Å²) in [5.41, 5.74) is 2.53. The lowest BCUT2D eigenvalue weighted by Gasteiger charge is -2.20. The Hall–Kier alpha value is -0.330. The summed E-state index contributed by atoms with van der Waals surface area (Å²) in [7, 11) is 0. The zero-order chi connectivity index (χ0) is 13.7. The van der Waals surface area contributed by atoms with Crippen LogP contribution >= 0.6 is 38.5 Å². The van der Waals surface area contributed by atoms with E-state index in [1.54, 1.807) is 6.26 Å². The average Bonchev–Trinajstić information content (AvgIpc) is 2.90. The van der Waals surface area contributed by atoms with Crippen LogP contribution in [0.5, 0.6) is 0 Å². The van der Waals surface area contributed by atoms with Gasteiger partial charge in [-0.3, -0.25) is 0 Å². The summed E-state index contributed by atoms with van der Waals surface area (Å²) < 4.78 is 7.58. The van der Waals surface area contributed by atoms with Gasteiger partial charge in [-0.05, 0) is 77.4 Å². The maximum atomic E-state index is 5.17. The highest BCUT2D eigenvalue weighted by molar-refractivity contribution is 14.1. The second-order valence-electron chi connectivity index (χ2n) is 4.51. The van der Waals surface area contributed by atoms with Crippen LogP contribution < -0.4 is 5.32 Å². The van der Waals surface area contributed by atoms with Crippen molar-refractivity contribution in [2.75, 3.05) is 6.54 Å². The van der Waals surface area contributed by atoms with Crippen molar-refractivity contribution in [3.63, 3.8) is 0 Å². The van der Waals surface area contributed by atoms with E-state index in [-0.39, 0.29) is 0 Å². The summed E-state index contributed by atoms with van der Waals surface area (Å²) in [6, 6.07) is 8.80. The molecule has 1 aromatic heterocycles. The van der Waals surface area contributed by atoms with Gasteiger partial charge in [-0.2, -0.15) is 0 Å². The summed E-state index contributed by atoms with van der Waals surface area (Å²) in [5, 5.41) is 3.62. The third-order valence-electron chi connectivity index (χ3n) is 2.99. The molecule has 2 rings (SSSR count). The molecular formula is C15H17BrINO. The highest BCUT2D eigenvalue weighted by atomic mass is 127. The summed E-state index contributed by atoms with van der Waals surface area (Å²) >= 11 is 6.02. The summed E-state index contributed by atoms with van der Waals surface area (Å²) in [6.07, 6.45) is 5.62. The lowest BCUT2D eigenvalue weighted by Crippen LogP contribution is -2.24. The molecule has 1 aromatic carbocycles. The van der Waals surface area contributed by atoms with Crippen molar-refractivity contribution in [2.45, 2.75) is 25.8 Å². The van der Waals surface area contributed by atoms with Crippen LogP contribution in [-0.2, 0) is 6.42 Å². The van der Waals surface area contributed by atoms with Crippen molar-refractivity contribution in [2.24, 2.45) is 0 Å². The summed E-state index contributed by atoms with van der Waals surface area (Å²) in [6.45, 7) is 3.20. The highest BCUT2D eigenvalue weighted by Gasteiger charge is 2.15. The van der Waals surface area contributed by atoms with Crippen LogP contribution in [0, 0.1) is 3.57 Å². The summed E-state index contributed by atoms with van der Waals surface area (Å²) in [4.78, 5) is 0. The Morgan fingerprint density at radius 2 is 2.21 bits per heavy atom. The molecule has 0 spiro atoms. The van der Waals surface area contributed by atoms with Crippen LogP contribution in [0.2, 0.25) is 0 Å². The van der Waals surface area contributed by atoms with Crippen LogP contribution in [0.15, 0.2) is 45.7 Å². The first kappa shape index (κ1) is 15.1. The molecule has 0 fully saturated rings. The van der Waals surface area contributed by atoms with Crippen LogP contribution in [-0.4, -0.2) is 6.54 Å². The van der Waals surface area contributed by atoms with E-state index in [1.165, 1.54) is 14.7 Å². The minimum atomic E-state index is 0.307. The minimum absolute atomic E-state index is 0.307. The molecule has 0 amide bonds. The largest absolute Gasteiger partial charge is 0.472 e. The van der Waals surface area contributed by atoms with E-state index in [1.807, 2.05) is 12.3 Å². The molecular weight excluding hydrogens is 417 g/mol. The fourth-order valence-corrected chi connectivity index (χ4v) is 3.08. The van der Waals surface area contributed by atoms with Gasteiger partial charge in [-0.25, -0.2) is 0 Å². The minimum Gasteiger partial charge on any atom is -0.472 e. The van der Waals surface area contributed by atoms with Gasteiger partial charge in [-0.1, -0.05) is 22.9 Å². The molecule has 1 atom stereocenters. The number of benzene rings is 1. The SMILES string of the molecule is CCCNC(Cc1ccoc1)c1cc(I)ccc1Br. The van der Waals surface area contributed by atoms with E-state index >= 15 is 0 Å². The number of nitrogens with one attached hydrogen (secondary N) is 1. The van der Waals surface area contributed by atoms with Crippen molar-refractivity contribution in [1.29, 1.82) is 0 Å². The molecule has 0 aliphatic heterocycles. The predicted octanol–water partition coefficient (Wildman–Crippen LogP) is 4.93. The molecule has 0 bridgehead atoms. The Balaban J connectivity index is 2.23. The van der Waals surface area contributed by atoms with Crippen LogP contribution in [0.1, 0.15) is 30.5 Å². The van der Waals surface area contributed by atoms with E-state index < -0.39 is 0 Å². The number of halogens is 2.